The minimum Gasteiger partial charge on any atom is -0.387 e. The van der Waals surface area contributed by atoms with Crippen molar-refractivity contribution in [3.05, 3.63) is 0 Å². The van der Waals surface area contributed by atoms with Gasteiger partial charge in [-0.3, -0.25) is 5.41 Å². The lowest BCUT2D eigenvalue weighted by Gasteiger charge is -2.23. The third-order valence-corrected chi connectivity index (χ3v) is 4.32. The average molecular weight is 265 g/mol. The van der Waals surface area contributed by atoms with Gasteiger partial charge in [0.1, 0.15) is 0 Å². The van der Waals surface area contributed by atoms with Crippen LogP contribution in [-0.4, -0.2) is 50.6 Å². The number of amidine groups is 1. The van der Waals surface area contributed by atoms with Gasteiger partial charge in [-0.2, -0.15) is 0 Å². The minimum absolute atomic E-state index is 0.00320. The van der Waals surface area contributed by atoms with Crippen molar-refractivity contribution >= 4 is 15.9 Å². The monoisotopic (exact) mass is 265 g/mol. The van der Waals surface area contributed by atoms with Crippen LogP contribution in [0.2, 0.25) is 0 Å². The van der Waals surface area contributed by atoms with Crippen molar-refractivity contribution in [3.8, 4) is 0 Å². The van der Waals surface area contributed by atoms with Crippen LogP contribution in [0.5, 0.6) is 0 Å². The van der Waals surface area contributed by atoms with E-state index in [0.29, 0.717) is 13.2 Å². The fourth-order valence-electron chi connectivity index (χ4n) is 1.28. The molecule has 0 spiro atoms. The molecule has 0 aromatic rings. The molecular weight excluding hydrogens is 242 g/mol. The van der Waals surface area contributed by atoms with E-state index in [-0.39, 0.29) is 30.7 Å². The third-order valence-electron chi connectivity index (χ3n) is 2.44. The summed E-state index contributed by atoms with van der Waals surface area (Å²) in [7, 11) is -3.32. The van der Waals surface area contributed by atoms with Crippen molar-refractivity contribution in [3.63, 3.8) is 0 Å². The number of nitrogens with zero attached hydrogens (tertiary/aromatic N) is 1. The molecule has 0 rings (SSSR count). The predicted octanol–water partition coefficient (Wildman–Crippen LogP) is 0.247. The van der Waals surface area contributed by atoms with Crippen LogP contribution in [0.25, 0.3) is 0 Å². The molecule has 0 saturated carbocycles. The molecule has 0 aromatic heterocycles. The van der Waals surface area contributed by atoms with Crippen LogP contribution in [0.1, 0.15) is 20.8 Å². The van der Waals surface area contributed by atoms with Crippen LogP contribution in [0.15, 0.2) is 0 Å². The van der Waals surface area contributed by atoms with E-state index in [0.717, 1.165) is 0 Å². The lowest BCUT2D eigenvalue weighted by atomic mass is 10.1. The Morgan fingerprint density at radius 3 is 2.47 bits per heavy atom. The second kappa shape index (κ2) is 7.62. The van der Waals surface area contributed by atoms with E-state index in [1.54, 1.807) is 13.8 Å². The Morgan fingerprint density at radius 2 is 2.06 bits per heavy atom. The minimum atomic E-state index is -3.32. The molecule has 3 N–H and O–H groups in total. The van der Waals surface area contributed by atoms with E-state index >= 15 is 0 Å². The summed E-state index contributed by atoms with van der Waals surface area (Å²) in [5.41, 5.74) is 5.34. The highest BCUT2D eigenvalue weighted by Crippen LogP contribution is 2.06. The van der Waals surface area contributed by atoms with Crippen LogP contribution in [0, 0.1) is 11.3 Å². The molecule has 0 radical (unpaired) electrons. The van der Waals surface area contributed by atoms with Gasteiger partial charge in [0.15, 0.2) is 0 Å². The van der Waals surface area contributed by atoms with Gasteiger partial charge < -0.3 is 10.5 Å². The van der Waals surface area contributed by atoms with Gasteiger partial charge in [0.05, 0.1) is 18.2 Å². The zero-order valence-corrected chi connectivity index (χ0v) is 11.6. The molecule has 17 heavy (non-hydrogen) atoms. The summed E-state index contributed by atoms with van der Waals surface area (Å²) < 4.78 is 30.2. The first kappa shape index (κ1) is 16.3. The van der Waals surface area contributed by atoms with E-state index in [1.807, 2.05) is 6.92 Å². The lowest BCUT2D eigenvalue weighted by molar-refractivity contribution is 0.162. The molecular formula is C10H23N3O3S. The Labute approximate surface area is 104 Å². The largest absolute Gasteiger partial charge is 0.387 e. The van der Waals surface area contributed by atoms with Gasteiger partial charge in [0.25, 0.3) is 0 Å². The van der Waals surface area contributed by atoms with Crippen molar-refractivity contribution in [1.82, 2.24) is 4.31 Å². The maximum absolute atomic E-state index is 11.9. The Balaban J connectivity index is 4.47. The number of ether oxygens (including phenoxy) is 1. The molecule has 0 bridgehead atoms. The standard InChI is InChI=1S/C10H23N3O3S/c1-4-13(8-9(3)10(11)12)17(14,15)7-6-16-5-2/h9H,4-8H2,1-3H3,(H3,11,12). The molecule has 0 fully saturated rings. The average Bonchev–Trinajstić information content (AvgIpc) is 2.25. The second-order valence-corrected chi connectivity index (χ2v) is 5.91. The molecule has 6 nitrogen and oxygen atoms in total. The molecule has 0 aliphatic carbocycles. The number of hydrogen-bond acceptors (Lipinski definition) is 4. The summed E-state index contributed by atoms with van der Waals surface area (Å²) in [6, 6.07) is 0. The molecule has 1 atom stereocenters. The number of hydrogen-bond donors (Lipinski definition) is 2. The van der Waals surface area contributed by atoms with E-state index in [1.165, 1.54) is 4.31 Å². The molecule has 7 heteroatoms. The number of rotatable bonds is 9. The van der Waals surface area contributed by atoms with Gasteiger partial charge in [-0.05, 0) is 6.92 Å². The predicted molar refractivity (Wildman–Crippen MR) is 68.6 cm³/mol. The topological polar surface area (TPSA) is 96.5 Å². The Bertz CT molecular complexity index is 330. The fraction of sp³-hybridized carbons (Fsp3) is 0.900. The van der Waals surface area contributed by atoms with Gasteiger partial charge in [-0.15, -0.1) is 0 Å². The molecule has 1 unspecified atom stereocenters. The number of sulfonamides is 1. The summed E-state index contributed by atoms with van der Waals surface area (Å²) in [4.78, 5) is 0. The summed E-state index contributed by atoms with van der Waals surface area (Å²) in [5, 5.41) is 7.27. The first-order valence-electron chi connectivity index (χ1n) is 5.74. The summed E-state index contributed by atoms with van der Waals surface area (Å²) >= 11 is 0. The first-order chi connectivity index (χ1) is 7.85. The summed E-state index contributed by atoms with van der Waals surface area (Å²) in [5.74, 6) is -0.292. The van der Waals surface area contributed by atoms with Gasteiger partial charge in [0, 0.05) is 25.6 Å². The Hall–Kier alpha value is -0.660. The van der Waals surface area contributed by atoms with Crippen molar-refractivity contribution in [1.29, 1.82) is 5.41 Å². The van der Waals surface area contributed by atoms with Crippen molar-refractivity contribution in [2.75, 3.05) is 32.1 Å². The van der Waals surface area contributed by atoms with Gasteiger partial charge in [-0.25, -0.2) is 12.7 Å². The summed E-state index contributed by atoms with van der Waals surface area (Å²) in [6.45, 7) is 6.66. The van der Waals surface area contributed by atoms with Crippen LogP contribution >= 0.6 is 0 Å². The summed E-state index contributed by atoms with van der Waals surface area (Å²) in [6.07, 6.45) is 0. The first-order valence-corrected chi connectivity index (χ1v) is 7.35. The zero-order valence-electron chi connectivity index (χ0n) is 10.8. The van der Waals surface area contributed by atoms with Crippen LogP contribution in [0.4, 0.5) is 0 Å². The molecule has 0 amide bonds. The van der Waals surface area contributed by atoms with Crippen LogP contribution in [0.3, 0.4) is 0 Å². The van der Waals surface area contributed by atoms with Gasteiger partial charge in [-0.1, -0.05) is 13.8 Å². The van der Waals surface area contributed by atoms with E-state index < -0.39 is 10.0 Å². The molecule has 0 saturated heterocycles. The highest BCUT2D eigenvalue weighted by Gasteiger charge is 2.22. The Kier molecular flexibility index (Phi) is 7.33. The van der Waals surface area contributed by atoms with Crippen molar-refractivity contribution < 1.29 is 13.2 Å². The highest BCUT2D eigenvalue weighted by molar-refractivity contribution is 7.89. The normalized spacial score (nSPS) is 13.9. The van der Waals surface area contributed by atoms with Crippen molar-refractivity contribution in [2.24, 2.45) is 11.7 Å². The Morgan fingerprint density at radius 1 is 1.47 bits per heavy atom. The third kappa shape index (κ3) is 5.99. The smallest absolute Gasteiger partial charge is 0.216 e. The second-order valence-electron chi connectivity index (χ2n) is 3.82. The van der Waals surface area contributed by atoms with E-state index in [9.17, 15) is 8.42 Å². The van der Waals surface area contributed by atoms with E-state index in [4.69, 9.17) is 15.9 Å². The molecule has 0 aliphatic heterocycles. The SMILES string of the molecule is CCOCCS(=O)(=O)N(CC)CC(C)C(=N)N. The van der Waals surface area contributed by atoms with E-state index in [2.05, 4.69) is 0 Å². The lowest BCUT2D eigenvalue weighted by Crippen LogP contribution is -2.40. The van der Waals surface area contributed by atoms with Crippen LogP contribution < -0.4 is 5.73 Å². The number of nitrogens with two attached hydrogens (primary N) is 1. The van der Waals surface area contributed by atoms with Crippen LogP contribution in [-0.2, 0) is 14.8 Å². The molecule has 0 heterocycles. The quantitative estimate of drug-likeness (QED) is 0.355. The highest BCUT2D eigenvalue weighted by atomic mass is 32.2. The fourth-order valence-corrected chi connectivity index (χ4v) is 2.71. The maximum Gasteiger partial charge on any atom is 0.216 e. The maximum atomic E-state index is 11.9. The van der Waals surface area contributed by atoms with Crippen molar-refractivity contribution in [2.45, 2.75) is 20.8 Å². The molecule has 102 valence electrons. The molecule has 0 aromatic carbocycles. The van der Waals surface area contributed by atoms with Gasteiger partial charge >= 0.3 is 0 Å². The zero-order chi connectivity index (χ0) is 13.5. The van der Waals surface area contributed by atoms with Gasteiger partial charge in [0.2, 0.25) is 10.0 Å². The number of nitrogens with one attached hydrogen (secondary N) is 1. The molecule has 0 aliphatic rings.